The molecule has 522 valence electrons. The number of ether oxygens (including phenoxy) is 4. The molecule has 19 heteroatoms. The zero-order chi connectivity index (χ0) is 64.9. The van der Waals surface area contributed by atoms with Crippen molar-refractivity contribution in [3.8, 4) is 0 Å². The first-order chi connectivity index (χ1) is 42.5. The molecule has 0 aromatic rings. The van der Waals surface area contributed by atoms with Crippen molar-refractivity contribution in [1.82, 2.24) is 0 Å². The van der Waals surface area contributed by atoms with Crippen molar-refractivity contribution in [3.63, 3.8) is 0 Å². The SMILES string of the molecule is CCCCCCCCCCCCCCCCC(=O)OC[C@H](COP(=O)(O)OC[C@@H](O)COP(=O)(O)OC[C@@H](COC(=O)CCCCCCCCC)OC(=O)CCCCCCCCCCCCCC)OC(=O)CCCCCCCCCCCCCCC(C)C. The van der Waals surface area contributed by atoms with E-state index in [0.29, 0.717) is 25.7 Å². The van der Waals surface area contributed by atoms with Gasteiger partial charge in [0.15, 0.2) is 12.2 Å². The fraction of sp³-hybridized carbons (Fsp3) is 0.942. The lowest BCUT2D eigenvalue weighted by molar-refractivity contribution is -0.161. The molecule has 17 nitrogen and oxygen atoms in total. The van der Waals surface area contributed by atoms with E-state index in [1.54, 1.807) is 0 Å². The number of aliphatic hydroxyl groups excluding tert-OH is 1. The second-order valence-corrected chi connectivity index (χ2v) is 28.3. The van der Waals surface area contributed by atoms with E-state index in [0.717, 1.165) is 109 Å². The maximum atomic E-state index is 13.0. The molecule has 5 atom stereocenters. The molecule has 0 heterocycles. The molecule has 0 aliphatic carbocycles. The summed E-state index contributed by atoms with van der Waals surface area (Å²) in [6, 6.07) is 0. The highest BCUT2D eigenvalue weighted by molar-refractivity contribution is 7.47. The van der Waals surface area contributed by atoms with Crippen LogP contribution < -0.4 is 0 Å². The minimum atomic E-state index is -4.95. The predicted molar refractivity (Wildman–Crippen MR) is 354 cm³/mol. The van der Waals surface area contributed by atoms with Gasteiger partial charge in [-0.2, -0.15) is 0 Å². The van der Waals surface area contributed by atoms with Gasteiger partial charge < -0.3 is 33.8 Å². The third-order valence-electron chi connectivity index (χ3n) is 16.0. The fourth-order valence-corrected chi connectivity index (χ4v) is 12.0. The van der Waals surface area contributed by atoms with E-state index in [-0.39, 0.29) is 25.7 Å². The Balaban J connectivity index is 5.21. The van der Waals surface area contributed by atoms with Crippen LogP contribution in [0.3, 0.4) is 0 Å². The Morgan fingerprint density at radius 3 is 0.773 bits per heavy atom. The zero-order valence-electron chi connectivity index (χ0n) is 56.9. The van der Waals surface area contributed by atoms with Crippen LogP contribution in [0.2, 0.25) is 0 Å². The molecule has 0 aliphatic heterocycles. The summed E-state index contributed by atoms with van der Waals surface area (Å²) in [5.41, 5.74) is 0. The average Bonchev–Trinajstić information content (AvgIpc) is 3.59. The van der Waals surface area contributed by atoms with Crippen molar-refractivity contribution in [2.45, 2.75) is 374 Å². The van der Waals surface area contributed by atoms with Crippen LogP contribution in [-0.2, 0) is 65.4 Å². The second kappa shape index (κ2) is 62.5. The smallest absolute Gasteiger partial charge is 0.462 e. The molecule has 0 amide bonds. The van der Waals surface area contributed by atoms with Gasteiger partial charge in [-0.05, 0) is 31.6 Å². The Labute approximate surface area is 537 Å². The summed E-state index contributed by atoms with van der Waals surface area (Å²) in [4.78, 5) is 72.4. The van der Waals surface area contributed by atoms with Crippen molar-refractivity contribution in [1.29, 1.82) is 0 Å². The van der Waals surface area contributed by atoms with E-state index < -0.39 is 97.5 Å². The Hall–Kier alpha value is -1.94. The van der Waals surface area contributed by atoms with Crippen LogP contribution in [-0.4, -0.2) is 96.7 Å². The Morgan fingerprint density at radius 2 is 0.523 bits per heavy atom. The zero-order valence-corrected chi connectivity index (χ0v) is 58.6. The first kappa shape index (κ1) is 86.1. The number of phosphoric ester groups is 2. The standard InChI is InChI=1S/C69H134O17P2/c1-6-9-12-15-18-20-22-24-25-30-33-38-43-48-53-67(72)80-59-65(86-69(74)55-50-45-40-35-31-27-26-28-32-37-41-46-51-62(4)5)61-84-88(77,78)82-57-63(70)56-81-87(75,76)83-60-64(58-79-66(71)52-47-42-36-17-14-11-8-3)85-68(73)54-49-44-39-34-29-23-21-19-16-13-10-7-2/h62-65,70H,6-61H2,1-5H3,(H,75,76)(H,77,78)/t63-,64+,65+/m0/s1. The van der Waals surface area contributed by atoms with Gasteiger partial charge in [-0.3, -0.25) is 37.3 Å². The van der Waals surface area contributed by atoms with Crippen molar-refractivity contribution < 1.29 is 80.2 Å². The van der Waals surface area contributed by atoms with Crippen LogP contribution in [0, 0.1) is 5.92 Å². The van der Waals surface area contributed by atoms with Crippen molar-refractivity contribution in [3.05, 3.63) is 0 Å². The Bertz CT molecular complexity index is 1700. The number of hydrogen-bond acceptors (Lipinski definition) is 15. The largest absolute Gasteiger partial charge is 0.472 e. The monoisotopic (exact) mass is 1300 g/mol. The van der Waals surface area contributed by atoms with E-state index in [9.17, 15) is 43.2 Å². The topological polar surface area (TPSA) is 237 Å². The van der Waals surface area contributed by atoms with Crippen molar-refractivity contribution in [2.75, 3.05) is 39.6 Å². The molecule has 0 aromatic heterocycles. The lowest BCUT2D eigenvalue weighted by Crippen LogP contribution is -2.30. The Morgan fingerprint density at radius 1 is 0.307 bits per heavy atom. The number of phosphoric acid groups is 2. The van der Waals surface area contributed by atoms with Gasteiger partial charge in [0, 0.05) is 25.7 Å². The van der Waals surface area contributed by atoms with Gasteiger partial charge in [0.1, 0.15) is 19.3 Å². The summed E-state index contributed by atoms with van der Waals surface area (Å²) in [7, 11) is -9.89. The molecule has 2 unspecified atom stereocenters. The van der Waals surface area contributed by atoms with Gasteiger partial charge >= 0.3 is 39.5 Å². The van der Waals surface area contributed by atoms with E-state index in [1.165, 1.54) is 167 Å². The molecule has 0 aliphatic rings. The summed E-state index contributed by atoms with van der Waals surface area (Å²) in [5, 5.41) is 10.6. The Kier molecular flexibility index (Phi) is 61.1. The summed E-state index contributed by atoms with van der Waals surface area (Å²) in [5.74, 6) is -1.35. The first-order valence-electron chi connectivity index (χ1n) is 36.1. The molecule has 88 heavy (non-hydrogen) atoms. The lowest BCUT2D eigenvalue weighted by Gasteiger charge is -2.21. The molecule has 0 saturated carbocycles. The van der Waals surface area contributed by atoms with Gasteiger partial charge in [-0.25, -0.2) is 9.13 Å². The van der Waals surface area contributed by atoms with E-state index >= 15 is 0 Å². The minimum absolute atomic E-state index is 0.107. The molecule has 3 N–H and O–H groups in total. The highest BCUT2D eigenvalue weighted by Gasteiger charge is 2.30. The molecule has 0 spiro atoms. The highest BCUT2D eigenvalue weighted by Crippen LogP contribution is 2.45. The number of rotatable bonds is 69. The van der Waals surface area contributed by atoms with E-state index in [4.69, 9.17) is 37.0 Å². The maximum Gasteiger partial charge on any atom is 0.472 e. The van der Waals surface area contributed by atoms with Gasteiger partial charge in [-0.1, -0.05) is 304 Å². The van der Waals surface area contributed by atoms with Crippen molar-refractivity contribution in [2.24, 2.45) is 5.92 Å². The van der Waals surface area contributed by atoms with Crippen LogP contribution in [0.15, 0.2) is 0 Å². The minimum Gasteiger partial charge on any atom is -0.462 e. The quantitative estimate of drug-likeness (QED) is 0.0222. The highest BCUT2D eigenvalue weighted by atomic mass is 31.2. The number of aliphatic hydroxyl groups is 1. The van der Waals surface area contributed by atoms with Gasteiger partial charge in [0.25, 0.3) is 0 Å². The summed E-state index contributed by atoms with van der Waals surface area (Å²) in [6.45, 7) is 7.21. The molecular formula is C69H134O17P2. The summed E-state index contributed by atoms with van der Waals surface area (Å²) >= 11 is 0. The molecule has 0 aromatic carbocycles. The fourth-order valence-electron chi connectivity index (χ4n) is 10.5. The first-order valence-corrected chi connectivity index (χ1v) is 39.1. The van der Waals surface area contributed by atoms with E-state index in [1.807, 2.05) is 0 Å². The molecular weight excluding hydrogens is 1160 g/mol. The molecule has 0 saturated heterocycles. The van der Waals surface area contributed by atoms with Crippen LogP contribution in [0.25, 0.3) is 0 Å². The molecule has 0 bridgehead atoms. The van der Waals surface area contributed by atoms with Crippen LogP contribution >= 0.6 is 15.6 Å². The van der Waals surface area contributed by atoms with Crippen LogP contribution in [0.4, 0.5) is 0 Å². The third kappa shape index (κ3) is 62.8. The molecule has 0 rings (SSSR count). The summed E-state index contributed by atoms with van der Waals surface area (Å²) in [6.07, 6.45) is 48.5. The number of esters is 4. The number of unbranched alkanes of at least 4 members (excludes halogenated alkanes) is 41. The average molecular weight is 1300 g/mol. The van der Waals surface area contributed by atoms with E-state index in [2.05, 4.69) is 34.6 Å². The number of carbonyl (C=O) groups excluding carboxylic acids is 4. The van der Waals surface area contributed by atoms with Gasteiger partial charge in [0.2, 0.25) is 0 Å². The lowest BCUT2D eigenvalue weighted by atomic mass is 10.0. The predicted octanol–water partition coefficient (Wildman–Crippen LogP) is 19.7. The van der Waals surface area contributed by atoms with Gasteiger partial charge in [-0.15, -0.1) is 0 Å². The summed E-state index contributed by atoms with van der Waals surface area (Å²) < 4.78 is 68.2. The van der Waals surface area contributed by atoms with Gasteiger partial charge in [0.05, 0.1) is 26.4 Å². The number of hydrogen-bond donors (Lipinski definition) is 3. The maximum absolute atomic E-state index is 13.0. The van der Waals surface area contributed by atoms with Crippen LogP contribution in [0.1, 0.15) is 356 Å². The molecule has 0 fully saturated rings. The third-order valence-corrected chi connectivity index (χ3v) is 17.9. The van der Waals surface area contributed by atoms with Crippen molar-refractivity contribution >= 4 is 39.5 Å². The van der Waals surface area contributed by atoms with Crippen LogP contribution in [0.5, 0.6) is 0 Å². The number of carbonyl (C=O) groups is 4. The molecule has 0 radical (unpaired) electrons. The normalized spacial score (nSPS) is 14.1. The second-order valence-electron chi connectivity index (χ2n) is 25.4.